The average molecular weight is 334 g/mol. The molecule has 0 spiro atoms. The maximum absolute atomic E-state index is 7.48. The van der Waals surface area contributed by atoms with Crippen LogP contribution in [0.25, 0.3) is 11.0 Å². The van der Waals surface area contributed by atoms with E-state index >= 15 is 0 Å². The van der Waals surface area contributed by atoms with Crippen LogP contribution in [0.3, 0.4) is 0 Å². The third-order valence-corrected chi connectivity index (χ3v) is 3.64. The molecule has 1 heterocycles. The second kappa shape index (κ2) is 6.44. The number of hydrogen-bond donors (Lipinski definition) is 6. The van der Waals surface area contributed by atoms with Crippen molar-refractivity contribution < 1.29 is 0 Å². The van der Waals surface area contributed by atoms with Crippen LogP contribution in [0.4, 0.5) is 5.69 Å². The molecule has 0 amide bonds. The van der Waals surface area contributed by atoms with Gasteiger partial charge in [-0.1, -0.05) is 0 Å². The van der Waals surface area contributed by atoms with Crippen LogP contribution in [-0.2, 0) is 6.42 Å². The molecule has 0 saturated heterocycles. The predicted molar refractivity (Wildman–Crippen MR) is 99.6 cm³/mol. The van der Waals surface area contributed by atoms with E-state index in [1.165, 1.54) is 0 Å². The Labute approximate surface area is 143 Å². The summed E-state index contributed by atoms with van der Waals surface area (Å²) in [5, 5.41) is 14.9. The monoisotopic (exact) mass is 334 g/mol. The lowest BCUT2D eigenvalue weighted by Crippen LogP contribution is -2.15. The van der Waals surface area contributed by atoms with Crippen LogP contribution >= 0.6 is 0 Å². The quantitative estimate of drug-likeness (QED) is 0.306. The van der Waals surface area contributed by atoms with E-state index in [-0.39, 0.29) is 11.7 Å². The molecule has 8 nitrogen and oxygen atoms in total. The number of aliphatic imine (C=N–C) groups is 1. The number of rotatable bonds is 5. The number of aromatic amines is 1. The van der Waals surface area contributed by atoms with Gasteiger partial charge in [0.1, 0.15) is 23.3 Å². The summed E-state index contributed by atoms with van der Waals surface area (Å²) in [6, 6.07) is 12.3. The van der Waals surface area contributed by atoms with Gasteiger partial charge in [0.2, 0.25) is 0 Å². The molecule has 3 rings (SSSR count). The number of nitrogens with two attached hydrogens (primary N) is 3. The van der Waals surface area contributed by atoms with Crippen molar-refractivity contribution in [2.24, 2.45) is 22.2 Å². The van der Waals surface area contributed by atoms with Crippen molar-refractivity contribution in [3.63, 3.8) is 0 Å². The molecule has 1 aromatic heterocycles. The highest BCUT2D eigenvalue weighted by molar-refractivity contribution is 5.98. The van der Waals surface area contributed by atoms with Crippen LogP contribution in [0.2, 0.25) is 0 Å². The van der Waals surface area contributed by atoms with Crippen molar-refractivity contribution in [2.75, 3.05) is 0 Å². The highest BCUT2D eigenvalue weighted by Crippen LogP contribution is 2.16. The van der Waals surface area contributed by atoms with Gasteiger partial charge < -0.3 is 22.2 Å². The normalized spacial score (nSPS) is 11.6. The van der Waals surface area contributed by atoms with Crippen molar-refractivity contribution in [1.29, 1.82) is 10.8 Å². The van der Waals surface area contributed by atoms with Crippen molar-refractivity contribution >= 4 is 34.2 Å². The zero-order chi connectivity index (χ0) is 18.0. The smallest absolute Gasteiger partial charge is 0.122 e. The lowest BCUT2D eigenvalue weighted by molar-refractivity contribution is 1.09. The molecular weight excluding hydrogens is 316 g/mol. The molecule has 0 aliphatic heterocycles. The Kier molecular flexibility index (Phi) is 4.17. The topological polar surface area (TPSA) is 167 Å². The summed E-state index contributed by atoms with van der Waals surface area (Å²) in [7, 11) is 0. The molecule has 0 radical (unpaired) electrons. The fourth-order valence-corrected chi connectivity index (χ4v) is 2.41. The standard InChI is InChI=1S/C17H18N8/c18-14(23-11-4-1-9(2-5-11)16(19)20)8-15-24-12-6-3-10(17(21)22)7-13(12)25-15/h1-7H,8H2,(H2,18,23)(H3,19,20)(H3,21,22)(H,24,25). The van der Waals surface area contributed by atoms with E-state index in [1.54, 1.807) is 42.5 Å². The van der Waals surface area contributed by atoms with E-state index in [0.29, 0.717) is 34.9 Å². The van der Waals surface area contributed by atoms with Crippen LogP contribution in [-0.4, -0.2) is 27.5 Å². The molecule has 0 atom stereocenters. The van der Waals surface area contributed by atoms with Crippen molar-refractivity contribution in [3.8, 4) is 0 Å². The number of imidazole rings is 1. The summed E-state index contributed by atoms with van der Waals surface area (Å²) < 4.78 is 0. The van der Waals surface area contributed by atoms with Gasteiger partial charge >= 0.3 is 0 Å². The Bertz CT molecular complexity index is 982. The Morgan fingerprint density at radius 1 is 0.960 bits per heavy atom. The van der Waals surface area contributed by atoms with Crippen LogP contribution in [0.5, 0.6) is 0 Å². The first-order chi connectivity index (χ1) is 11.9. The van der Waals surface area contributed by atoms with Gasteiger partial charge in [0.15, 0.2) is 0 Å². The molecule has 2 aromatic carbocycles. The molecule has 0 saturated carbocycles. The van der Waals surface area contributed by atoms with Gasteiger partial charge in [-0.05, 0) is 42.5 Å². The first kappa shape index (κ1) is 16.2. The molecule has 25 heavy (non-hydrogen) atoms. The molecule has 0 aliphatic carbocycles. The summed E-state index contributed by atoms with van der Waals surface area (Å²) in [4.78, 5) is 12.0. The van der Waals surface area contributed by atoms with Crippen LogP contribution in [0.1, 0.15) is 17.0 Å². The molecule has 0 bridgehead atoms. The predicted octanol–water partition coefficient (Wildman–Crippen LogP) is 1.36. The molecule has 3 aromatic rings. The molecule has 9 N–H and O–H groups in total. The fraction of sp³-hybridized carbons (Fsp3) is 0.0588. The lowest BCUT2D eigenvalue weighted by Gasteiger charge is -2.01. The second-order valence-corrected chi connectivity index (χ2v) is 5.57. The number of benzene rings is 2. The number of amidine groups is 3. The van der Waals surface area contributed by atoms with Gasteiger partial charge in [-0.15, -0.1) is 0 Å². The lowest BCUT2D eigenvalue weighted by atomic mass is 10.2. The van der Waals surface area contributed by atoms with Gasteiger partial charge in [0, 0.05) is 11.1 Å². The Morgan fingerprint density at radius 3 is 2.24 bits per heavy atom. The minimum atomic E-state index is 0.00753. The van der Waals surface area contributed by atoms with Crippen LogP contribution < -0.4 is 17.2 Å². The van der Waals surface area contributed by atoms with E-state index < -0.39 is 0 Å². The third-order valence-electron chi connectivity index (χ3n) is 3.64. The Hall–Kier alpha value is -3.68. The van der Waals surface area contributed by atoms with Crippen molar-refractivity contribution in [3.05, 3.63) is 59.4 Å². The minimum absolute atomic E-state index is 0.00753. The number of nitrogens with one attached hydrogen (secondary N) is 3. The van der Waals surface area contributed by atoms with E-state index in [1.807, 2.05) is 0 Å². The average Bonchev–Trinajstić information content (AvgIpc) is 2.96. The molecule has 8 heteroatoms. The fourth-order valence-electron chi connectivity index (χ4n) is 2.41. The molecule has 126 valence electrons. The number of nitrogens with zero attached hydrogens (tertiary/aromatic N) is 2. The second-order valence-electron chi connectivity index (χ2n) is 5.57. The summed E-state index contributed by atoms with van der Waals surface area (Å²) in [5.41, 5.74) is 20.4. The third kappa shape index (κ3) is 3.63. The van der Waals surface area contributed by atoms with Gasteiger partial charge in [-0.3, -0.25) is 10.8 Å². The Morgan fingerprint density at radius 2 is 1.60 bits per heavy atom. The van der Waals surface area contributed by atoms with E-state index in [0.717, 1.165) is 11.0 Å². The molecule has 0 fully saturated rings. The minimum Gasteiger partial charge on any atom is -0.387 e. The summed E-state index contributed by atoms with van der Waals surface area (Å²) in [6.45, 7) is 0. The summed E-state index contributed by atoms with van der Waals surface area (Å²) >= 11 is 0. The maximum Gasteiger partial charge on any atom is 0.122 e. The summed E-state index contributed by atoms with van der Waals surface area (Å²) in [5.74, 6) is 1.10. The van der Waals surface area contributed by atoms with Gasteiger partial charge in [-0.25, -0.2) is 9.98 Å². The highest BCUT2D eigenvalue weighted by atomic mass is 14.9. The Balaban J connectivity index is 1.79. The summed E-state index contributed by atoms with van der Waals surface area (Å²) in [6.07, 6.45) is 0.360. The van der Waals surface area contributed by atoms with Crippen LogP contribution in [0, 0.1) is 10.8 Å². The molecular formula is C17H18N8. The molecule has 0 aliphatic rings. The largest absolute Gasteiger partial charge is 0.387 e. The number of nitrogen functional groups attached to an aromatic ring is 2. The zero-order valence-corrected chi connectivity index (χ0v) is 13.4. The number of hydrogen-bond acceptors (Lipinski definition) is 4. The van der Waals surface area contributed by atoms with E-state index in [4.69, 9.17) is 28.0 Å². The van der Waals surface area contributed by atoms with Gasteiger partial charge in [0.05, 0.1) is 23.1 Å². The first-order valence-corrected chi connectivity index (χ1v) is 7.53. The van der Waals surface area contributed by atoms with Crippen LogP contribution in [0.15, 0.2) is 47.5 Å². The maximum atomic E-state index is 7.48. The molecule has 0 unspecified atom stereocenters. The highest BCUT2D eigenvalue weighted by Gasteiger charge is 2.07. The van der Waals surface area contributed by atoms with Crippen molar-refractivity contribution in [1.82, 2.24) is 9.97 Å². The van der Waals surface area contributed by atoms with Gasteiger partial charge in [0.25, 0.3) is 0 Å². The SMILES string of the molecule is N=C(N)c1ccc(N=C(N)Cc2nc3ccc(C(=N)N)cc3[nH]2)cc1. The number of H-pyrrole nitrogens is 1. The number of aromatic nitrogens is 2. The van der Waals surface area contributed by atoms with E-state index in [2.05, 4.69) is 15.0 Å². The van der Waals surface area contributed by atoms with E-state index in [9.17, 15) is 0 Å². The van der Waals surface area contributed by atoms with Gasteiger partial charge in [-0.2, -0.15) is 0 Å². The zero-order valence-electron chi connectivity index (χ0n) is 13.4. The first-order valence-electron chi connectivity index (χ1n) is 7.53. The van der Waals surface area contributed by atoms with Crippen molar-refractivity contribution in [2.45, 2.75) is 6.42 Å². The number of fused-ring (bicyclic) bond motifs is 1.